The van der Waals surface area contributed by atoms with Crippen LogP contribution in [0.5, 0.6) is 0 Å². The molecule has 0 aromatic rings. The van der Waals surface area contributed by atoms with E-state index in [1.807, 2.05) is 12.2 Å². The largest absolute Gasteiger partial charge is 0.296 e. The first kappa shape index (κ1) is 5.15. The van der Waals surface area contributed by atoms with Crippen molar-refractivity contribution in [3.63, 3.8) is 0 Å². The van der Waals surface area contributed by atoms with Crippen molar-refractivity contribution in [1.82, 2.24) is 0 Å². The predicted octanol–water partition coefficient (Wildman–Crippen LogP) is 1.10. The van der Waals surface area contributed by atoms with E-state index < -0.39 is 6.17 Å². The Kier molecular flexibility index (Phi) is 0.821. The molecule has 0 aliphatic heterocycles. The first-order valence-electron chi connectivity index (χ1n) is 3.15. The van der Waals surface area contributed by atoms with Crippen molar-refractivity contribution in [1.29, 1.82) is 0 Å². The van der Waals surface area contributed by atoms with Crippen molar-refractivity contribution < 1.29 is 9.18 Å². The van der Waals surface area contributed by atoms with Gasteiger partial charge in [0.05, 0.1) is 0 Å². The van der Waals surface area contributed by atoms with Gasteiger partial charge < -0.3 is 0 Å². The quantitative estimate of drug-likeness (QED) is 0.444. The van der Waals surface area contributed by atoms with Gasteiger partial charge in [0, 0.05) is 11.8 Å². The van der Waals surface area contributed by atoms with Gasteiger partial charge in [-0.15, -0.1) is 0 Å². The minimum Gasteiger partial charge on any atom is -0.296 e. The highest BCUT2D eigenvalue weighted by Crippen LogP contribution is 2.37. The van der Waals surface area contributed by atoms with Crippen molar-refractivity contribution in [2.45, 2.75) is 12.6 Å². The Balaban J connectivity index is 2.36. The fraction of sp³-hybridized carbons (Fsp3) is 0.571. The van der Waals surface area contributed by atoms with Gasteiger partial charge in [0.1, 0.15) is 0 Å². The van der Waals surface area contributed by atoms with E-state index in [4.69, 9.17) is 0 Å². The van der Waals surface area contributed by atoms with Gasteiger partial charge in [-0.2, -0.15) is 0 Å². The number of carbonyl (C=O) groups excluding carboxylic acids is 1. The number of halogens is 1. The standard InChI is InChI=1S/C7H7FO/c8-6-4-1-2-5(3-4)7(6)9/h1-2,4-6H,3H2. The van der Waals surface area contributed by atoms with Crippen molar-refractivity contribution in [2.75, 3.05) is 0 Å². The minimum absolute atomic E-state index is 0.0787. The molecule has 0 saturated heterocycles. The summed E-state index contributed by atoms with van der Waals surface area (Å²) in [6.07, 6.45) is 3.18. The summed E-state index contributed by atoms with van der Waals surface area (Å²) in [5.74, 6) is -0.366. The molecule has 0 aromatic carbocycles. The molecule has 1 nitrogen and oxygen atoms in total. The number of fused-ring (bicyclic) bond motifs is 2. The van der Waals surface area contributed by atoms with Gasteiger partial charge in [-0.3, -0.25) is 4.79 Å². The smallest absolute Gasteiger partial charge is 0.174 e. The summed E-state index contributed by atoms with van der Waals surface area (Å²) < 4.78 is 12.6. The third-order valence-corrected chi connectivity index (χ3v) is 2.13. The third kappa shape index (κ3) is 0.506. The Bertz CT molecular complexity index is 185. The van der Waals surface area contributed by atoms with E-state index in [9.17, 15) is 9.18 Å². The van der Waals surface area contributed by atoms with E-state index in [1.54, 1.807) is 0 Å². The number of rotatable bonds is 0. The zero-order chi connectivity index (χ0) is 6.43. The first-order chi connectivity index (χ1) is 4.29. The molecule has 0 amide bonds. The Morgan fingerprint density at radius 2 is 2.33 bits per heavy atom. The molecule has 1 saturated carbocycles. The normalized spacial score (nSPS) is 46.8. The Labute approximate surface area is 52.6 Å². The van der Waals surface area contributed by atoms with Crippen molar-refractivity contribution in [3.05, 3.63) is 12.2 Å². The van der Waals surface area contributed by atoms with Crippen LogP contribution >= 0.6 is 0 Å². The highest BCUT2D eigenvalue weighted by atomic mass is 19.1. The van der Waals surface area contributed by atoms with Crippen LogP contribution in [0.25, 0.3) is 0 Å². The Morgan fingerprint density at radius 1 is 1.56 bits per heavy atom. The maximum Gasteiger partial charge on any atom is 0.174 e. The third-order valence-electron chi connectivity index (χ3n) is 2.13. The summed E-state index contributed by atoms with van der Waals surface area (Å²) in [7, 11) is 0. The monoisotopic (exact) mass is 126 g/mol. The van der Waals surface area contributed by atoms with E-state index in [1.165, 1.54) is 0 Å². The molecule has 1 fully saturated rings. The fourth-order valence-electron chi connectivity index (χ4n) is 1.57. The molecule has 2 heteroatoms. The summed E-state index contributed by atoms with van der Waals surface area (Å²) in [5, 5.41) is 0. The van der Waals surface area contributed by atoms with Crippen LogP contribution < -0.4 is 0 Å². The topological polar surface area (TPSA) is 17.1 Å². The zero-order valence-corrected chi connectivity index (χ0v) is 4.88. The maximum atomic E-state index is 12.6. The van der Waals surface area contributed by atoms with Gasteiger partial charge in [0.15, 0.2) is 12.0 Å². The van der Waals surface area contributed by atoms with Crippen molar-refractivity contribution >= 4 is 5.78 Å². The molecule has 0 heterocycles. The molecule has 48 valence electrons. The molecule has 3 atom stereocenters. The SMILES string of the molecule is O=C1C2C=CC(C2)C1F. The molecule has 2 rings (SSSR count). The number of Topliss-reactive ketones (excluding diaryl/α,β-unsaturated/α-hetero) is 1. The van der Waals surface area contributed by atoms with Crippen LogP contribution in [0.4, 0.5) is 4.39 Å². The first-order valence-corrected chi connectivity index (χ1v) is 3.15. The highest BCUT2D eigenvalue weighted by molar-refractivity contribution is 5.91. The molecular weight excluding hydrogens is 119 g/mol. The van der Waals surface area contributed by atoms with Crippen LogP contribution in [-0.4, -0.2) is 12.0 Å². The summed E-state index contributed by atoms with van der Waals surface area (Å²) in [5.41, 5.74) is 0. The van der Waals surface area contributed by atoms with Crippen LogP contribution in [-0.2, 0) is 4.79 Å². The molecule has 3 unspecified atom stereocenters. The molecule has 2 aliphatic rings. The second-order valence-electron chi connectivity index (χ2n) is 2.70. The van der Waals surface area contributed by atoms with Crippen molar-refractivity contribution in [2.24, 2.45) is 11.8 Å². The number of alkyl halides is 1. The molecule has 0 spiro atoms. The number of hydrogen-bond acceptors (Lipinski definition) is 1. The fourth-order valence-corrected chi connectivity index (χ4v) is 1.57. The van der Waals surface area contributed by atoms with Crippen LogP contribution in [0, 0.1) is 11.8 Å². The molecule has 2 bridgehead atoms. The molecule has 0 radical (unpaired) electrons. The maximum absolute atomic E-state index is 12.6. The molecule has 0 N–H and O–H groups in total. The van der Waals surface area contributed by atoms with Crippen LogP contribution in [0.2, 0.25) is 0 Å². The summed E-state index contributed by atoms with van der Waals surface area (Å²) in [4.78, 5) is 10.7. The van der Waals surface area contributed by atoms with E-state index in [0.717, 1.165) is 6.42 Å². The van der Waals surface area contributed by atoms with Gasteiger partial charge in [-0.1, -0.05) is 12.2 Å². The van der Waals surface area contributed by atoms with Gasteiger partial charge in [-0.05, 0) is 6.42 Å². The lowest BCUT2D eigenvalue weighted by Gasteiger charge is -2.05. The Morgan fingerprint density at radius 3 is 2.67 bits per heavy atom. The molecule has 2 aliphatic carbocycles. The zero-order valence-electron chi connectivity index (χ0n) is 4.88. The molecular formula is C7H7FO. The van der Waals surface area contributed by atoms with Gasteiger partial charge in [0.2, 0.25) is 0 Å². The van der Waals surface area contributed by atoms with Crippen molar-refractivity contribution in [3.8, 4) is 0 Å². The van der Waals surface area contributed by atoms with Gasteiger partial charge in [0.25, 0.3) is 0 Å². The van der Waals surface area contributed by atoms with Crippen LogP contribution in [0.3, 0.4) is 0 Å². The van der Waals surface area contributed by atoms with E-state index in [0.29, 0.717) is 0 Å². The second-order valence-corrected chi connectivity index (χ2v) is 2.70. The predicted molar refractivity (Wildman–Crippen MR) is 30.6 cm³/mol. The Hall–Kier alpha value is -0.660. The lowest BCUT2D eigenvalue weighted by atomic mass is 10.1. The number of hydrogen-bond donors (Lipinski definition) is 0. The van der Waals surface area contributed by atoms with E-state index in [2.05, 4.69) is 0 Å². The lowest BCUT2D eigenvalue weighted by molar-refractivity contribution is -0.124. The second kappa shape index (κ2) is 1.43. The van der Waals surface area contributed by atoms with Gasteiger partial charge in [-0.25, -0.2) is 4.39 Å². The average molecular weight is 126 g/mol. The number of carbonyl (C=O) groups is 1. The highest BCUT2D eigenvalue weighted by Gasteiger charge is 2.43. The molecule has 9 heavy (non-hydrogen) atoms. The number of allylic oxidation sites excluding steroid dienone is 2. The van der Waals surface area contributed by atoms with Crippen LogP contribution in [0.15, 0.2) is 12.2 Å². The number of ketones is 1. The summed E-state index contributed by atoms with van der Waals surface area (Å²) in [6, 6.07) is 0. The van der Waals surface area contributed by atoms with Gasteiger partial charge >= 0.3 is 0 Å². The van der Waals surface area contributed by atoms with E-state index in [-0.39, 0.29) is 17.6 Å². The summed E-state index contributed by atoms with van der Waals surface area (Å²) in [6.45, 7) is 0. The minimum atomic E-state index is -1.18. The lowest BCUT2D eigenvalue weighted by Crippen LogP contribution is -2.19. The van der Waals surface area contributed by atoms with Crippen LogP contribution in [0.1, 0.15) is 6.42 Å². The molecule has 0 aromatic heterocycles. The average Bonchev–Trinajstić information content (AvgIpc) is 2.37. The van der Waals surface area contributed by atoms with E-state index >= 15 is 0 Å². The summed E-state index contributed by atoms with van der Waals surface area (Å²) >= 11 is 0.